The summed E-state index contributed by atoms with van der Waals surface area (Å²) < 4.78 is 10.8. The van der Waals surface area contributed by atoms with Crippen molar-refractivity contribution < 1.29 is 19.1 Å². The van der Waals surface area contributed by atoms with E-state index in [2.05, 4.69) is 5.16 Å². The number of nitrogens with zero attached hydrogens (tertiary/aromatic N) is 2. The number of amides is 1. The number of rotatable bonds is 5. The summed E-state index contributed by atoms with van der Waals surface area (Å²) in [5.74, 6) is 1.99. The molecule has 1 amide bonds. The molecular weight excluding hydrogens is 320 g/mol. The number of oxime groups is 1. The van der Waals surface area contributed by atoms with Crippen molar-refractivity contribution in [1.29, 1.82) is 0 Å². The topological polar surface area (TPSA) is 60.4 Å². The van der Waals surface area contributed by atoms with Gasteiger partial charge in [-0.1, -0.05) is 18.0 Å². The van der Waals surface area contributed by atoms with Gasteiger partial charge in [-0.05, 0) is 38.0 Å². The molecule has 2 heterocycles. The molecule has 0 bridgehead atoms. The molecule has 1 atom stereocenters. The average Bonchev–Trinajstić information content (AvgIpc) is 3.39. The standard InChI is InChI=1S/C19H24N2O4/c1-2-21(19(22)13-5-3-4-6-13)11-15-10-16(20-25-15)14-7-8-17-18(9-14)24-12-23-17/h7-9,13,15H,2-6,10-12H2,1H3/t15-/m0/s1. The van der Waals surface area contributed by atoms with Crippen molar-refractivity contribution in [2.75, 3.05) is 19.9 Å². The first-order valence-corrected chi connectivity index (χ1v) is 9.16. The summed E-state index contributed by atoms with van der Waals surface area (Å²) in [6.07, 6.45) is 5.02. The van der Waals surface area contributed by atoms with Gasteiger partial charge in [0.2, 0.25) is 12.7 Å². The van der Waals surface area contributed by atoms with Crippen molar-refractivity contribution in [2.24, 2.45) is 11.1 Å². The molecule has 25 heavy (non-hydrogen) atoms. The summed E-state index contributed by atoms with van der Waals surface area (Å²) in [6.45, 7) is 3.61. The van der Waals surface area contributed by atoms with Crippen LogP contribution in [0.15, 0.2) is 23.4 Å². The number of benzene rings is 1. The second-order valence-electron chi connectivity index (χ2n) is 6.90. The fraction of sp³-hybridized carbons (Fsp3) is 0.579. The van der Waals surface area contributed by atoms with Gasteiger partial charge < -0.3 is 19.2 Å². The van der Waals surface area contributed by atoms with Crippen molar-refractivity contribution in [2.45, 2.75) is 45.1 Å². The van der Waals surface area contributed by atoms with Crippen LogP contribution in [0.2, 0.25) is 0 Å². The van der Waals surface area contributed by atoms with E-state index in [1.807, 2.05) is 30.0 Å². The molecule has 6 nitrogen and oxygen atoms in total. The Morgan fingerprint density at radius 3 is 2.84 bits per heavy atom. The highest BCUT2D eigenvalue weighted by Gasteiger charge is 2.31. The predicted molar refractivity (Wildman–Crippen MR) is 92.8 cm³/mol. The Labute approximate surface area is 147 Å². The van der Waals surface area contributed by atoms with Gasteiger partial charge >= 0.3 is 0 Å². The van der Waals surface area contributed by atoms with Crippen LogP contribution in [0.4, 0.5) is 0 Å². The van der Waals surface area contributed by atoms with Gasteiger partial charge in [0.15, 0.2) is 17.6 Å². The fourth-order valence-electron chi connectivity index (χ4n) is 3.82. The summed E-state index contributed by atoms with van der Waals surface area (Å²) in [5, 5.41) is 4.24. The SMILES string of the molecule is CCN(C[C@@H]1CC(c2ccc3c(c2)OCO3)=NO1)C(=O)C1CCCC1. The highest BCUT2D eigenvalue weighted by Crippen LogP contribution is 2.34. The lowest BCUT2D eigenvalue weighted by molar-refractivity contribution is -0.136. The molecule has 1 aromatic carbocycles. The van der Waals surface area contributed by atoms with Gasteiger partial charge in [0.25, 0.3) is 0 Å². The second-order valence-corrected chi connectivity index (χ2v) is 6.90. The number of likely N-dealkylation sites (N-methyl/N-ethyl adjacent to an activating group) is 1. The molecule has 0 unspecified atom stereocenters. The lowest BCUT2D eigenvalue weighted by Crippen LogP contribution is -2.40. The molecule has 0 spiro atoms. The van der Waals surface area contributed by atoms with Crippen LogP contribution < -0.4 is 9.47 Å². The molecule has 0 aromatic heterocycles. The molecule has 3 aliphatic rings. The molecule has 1 aliphatic carbocycles. The van der Waals surface area contributed by atoms with Gasteiger partial charge in [-0.2, -0.15) is 0 Å². The minimum absolute atomic E-state index is 0.0780. The van der Waals surface area contributed by atoms with Gasteiger partial charge in [-0.25, -0.2) is 0 Å². The molecule has 1 saturated carbocycles. The van der Waals surface area contributed by atoms with Crippen LogP contribution in [-0.2, 0) is 9.63 Å². The number of hydrogen-bond donors (Lipinski definition) is 0. The van der Waals surface area contributed by atoms with E-state index in [1.54, 1.807) is 0 Å². The Bertz CT molecular complexity index is 682. The minimum atomic E-state index is -0.0780. The molecule has 0 radical (unpaired) electrons. The first kappa shape index (κ1) is 16.2. The van der Waals surface area contributed by atoms with Crippen molar-refractivity contribution in [3.8, 4) is 11.5 Å². The van der Waals surface area contributed by atoms with E-state index in [0.29, 0.717) is 19.5 Å². The molecule has 1 fully saturated rings. The van der Waals surface area contributed by atoms with Gasteiger partial charge in [0, 0.05) is 24.4 Å². The maximum atomic E-state index is 12.6. The predicted octanol–water partition coefficient (Wildman–Crippen LogP) is 2.95. The molecule has 0 saturated heterocycles. The van der Waals surface area contributed by atoms with E-state index in [0.717, 1.165) is 35.6 Å². The molecule has 0 N–H and O–H groups in total. The van der Waals surface area contributed by atoms with Gasteiger partial charge in [0.05, 0.1) is 12.3 Å². The number of carbonyl (C=O) groups excluding carboxylic acids is 1. The van der Waals surface area contributed by atoms with Gasteiger partial charge in [0.1, 0.15) is 0 Å². The van der Waals surface area contributed by atoms with Crippen LogP contribution in [0.5, 0.6) is 11.5 Å². The third-order valence-electron chi connectivity index (χ3n) is 5.26. The highest BCUT2D eigenvalue weighted by molar-refractivity contribution is 6.01. The monoisotopic (exact) mass is 344 g/mol. The average molecular weight is 344 g/mol. The molecule has 2 aliphatic heterocycles. The maximum absolute atomic E-state index is 12.6. The number of ether oxygens (including phenoxy) is 2. The third-order valence-corrected chi connectivity index (χ3v) is 5.26. The molecular formula is C19H24N2O4. The zero-order valence-electron chi connectivity index (χ0n) is 14.6. The summed E-state index contributed by atoms with van der Waals surface area (Å²) in [7, 11) is 0. The largest absolute Gasteiger partial charge is 0.454 e. The first-order chi connectivity index (χ1) is 12.2. The van der Waals surface area contributed by atoms with E-state index in [4.69, 9.17) is 14.3 Å². The maximum Gasteiger partial charge on any atom is 0.231 e. The van der Waals surface area contributed by atoms with Crippen molar-refractivity contribution in [3.63, 3.8) is 0 Å². The number of hydrogen-bond acceptors (Lipinski definition) is 5. The summed E-state index contributed by atoms with van der Waals surface area (Å²) in [4.78, 5) is 20.2. The van der Waals surface area contributed by atoms with Crippen LogP contribution in [0.1, 0.15) is 44.6 Å². The Hall–Kier alpha value is -2.24. The Balaban J connectivity index is 1.37. The van der Waals surface area contributed by atoms with Crippen LogP contribution in [-0.4, -0.2) is 42.5 Å². The van der Waals surface area contributed by atoms with Crippen LogP contribution in [0.3, 0.4) is 0 Å². The van der Waals surface area contributed by atoms with E-state index in [1.165, 1.54) is 12.8 Å². The van der Waals surface area contributed by atoms with E-state index in [-0.39, 0.29) is 24.7 Å². The molecule has 1 aromatic rings. The zero-order valence-corrected chi connectivity index (χ0v) is 14.6. The Morgan fingerprint density at radius 1 is 1.24 bits per heavy atom. The molecule has 6 heteroatoms. The first-order valence-electron chi connectivity index (χ1n) is 9.16. The Morgan fingerprint density at radius 2 is 2.04 bits per heavy atom. The van der Waals surface area contributed by atoms with Gasteiger partial charge in [-0.3, -0.25) is 4.79 Å². The number of carbonyl (C=O) groups is 1. The summed E-state index contributed by atoms with van der Waals surface area (Å²) in [6, 6.07) is 5.81. The second kappa shape index (κ2) is 6.94. The van der Waals surface area contributed by atoms with E-state index in [9.17, 15) is 4.79 Å². The summed E-state index contributed by atoms with van der Waals surface area (Å²) in [5.41, 5.74) is 1.88. The number of fused-ring (bicyclic) bond motifs is 1. The fourth-order valence-corrected chi connectivity index (χ4v) is 3.82. The van der Waals surface area contributed by atoms with Gasteiger partial charge in [-0.15, -0.1) is 0 Å². The van der Waals surface area contributed by atoms with Crippen LogP contribution in [0, 0.1) is 5.92 Å². The lowest BCUT2D eigenvalue weighted by Gasteiger charge is -2.26. The summed E-state index contributed by atoms with van der Waals surface area (Å²) >= 11 is 0. The highest BCUT2D eigenvalue weighted by atomic mass is 16.7. The van der Waals surface area contributed by atoms with Crippen LogP contribution in [0.25, 0.3) is 0 Å². The van der Waals surface area contributed by atoms with Crippen molar-refractivity contribution >= 4 is 11.6 Å². The Kier molecular flexibility index (Phi) is 4.51. The van der Waals surface area contributed by atoms with Crippen LogP contribution >= 0.6 is 0 Å². The quantitative estimate of drug-likeness (QED) is 0.824. The van der Waals surface area contributed by atoms with Crippen molar-refractivity contribution in [1.82, 2.24) is 4.90 Å². The lowest BCUT2D eigenvalue weighted by atomic mass is 10.0. The minimum Gasteiger partial charge on any atom is -0.454 e. The zero-order chi connectivity index (χ0) is 17.2. The van der Waals surface area contributed by atoms with E-state index < -0.39 is 0 Å². The van der Waals surface area contributed by atoms with E-state index >= 15 is 0 Å². The van der Waals surface area contributed by atoms with Crippen molar-refractivity contribution in [3.05, 3.63) is 23.8 Å². The third kappa shape index (κ3) is 3.30. The molecule has 134 valence electrons. The smallest absolute Gasteiger partial charge is 0.231 e. The normalized spacial score (nSPS) is 22.0. The molecule has 4 rings (SSSR count).